The summed E-state index contributed by atoms with van der Waals surface area (Å²) in [5, 5.41) is 2.80. The third-order valence-electron chi connectivity index (χ3n) is 4.15. The molecule has 1 aliphatic heterocycles. The van der Waals surface area contributed by atoms with Gasteiger partial charge in [-0.2, -0.15) is 0 Å². The second kappa shape index (κ2) is 7.06. The minimum absolute atomic E-state index is 0.0145. The number of rotatable bonds is 5. The first-order valence-corrected chi connectivity index (χ1v) is 7.86. The van der Waals surface area contributed by atoms with Gasteiger partial charge in [-0.15, -0.1) is 0 Å². The lowest BCUT2D eigenvalue weighted by Crippen LogP contribution is -2.50. The number of carbonyl (C=O) groups excluding carboxylic acids is 2. The Labute approximate surface area is 134 Å². The molecule has 0 spiro atoms. The fourth-order valence-corrected chi connectivity index (χ4v) is 2.93. The Morgan fingerprint density at radius 2 is 1.91 bits per heavy atom. The predicted molar refractivity (Wildman–Crippen MR) is 82.5 cm³/mol. The molecule has 1 N–H and O–H groups in total. The highest BCUT2D eigenvalue weighted by molar-refractivity contribution is 5.89. The number of benzene rings is 1. The first-order chi connectivity index (χ1) is 10.8. The van der Waals surface area contributed by atoms with Crippen molar-refractivity contribution < 1.29 is 18.4 Å². The van der Waals surface area contributed by atoms with Gasteiger partial charge in [0.15, 0.2) is 11.6 Å². The molecular weight excluding hydrogens is 302 g/mol. The molecule has 1 aromatic rings. The van der Waals surface area contributed by atoms with E-state index in [0.29, 0.717) is 18.5 Å². The van der Waals surface area contributed by atoms with Crippen LogP contribution < -0.4 is 5.32 Å². The van der Waals surface area contributed by atoms with Crippen LogP contribution in [0, 0.1) is 17.6 Å². The zero-order chi connectivity index (χ0) is 17.1. The Balaban J connectivity index is 2.11. The molecule has 0 radical (unpaired) electrons. The van der Waals surface area contributed by atoms with Crippen LogP contribution in [-0.4, -0.2) is 29.3 Å². The molecule has 1 fully saturated rings. The van der Waals surface area contributed by atoms with Crippen molar-refractivity contribution in [1.29, 1.82) is 0 Å². The summed E-state index contributed by atoms with van der Waals surface area (Å²) in [6.07, 6.45) is 1.23. The number of nitrogens with one attached hydrogen (secondary N) is 1. The standard InChI is InChI=1S/C17H22F2N2O2/c1-10(2)16(21-8-4-5-15(21)22)17(23)20-11(3)12-6-7-13(18)14(19)9-12/h6-7,9-11,16H,4-5,8H2,1-3H3,(H,20,23)/t11-,16+/m1/s1. The Kier molecular flexibility index (Phi) is 5.34. The zero-order valence-electron chi connectivity index (χ0n) is 13.6. The largest absolute Gasteiger partial charge is 0.348 e. The van der Waals surface area contributed by atoms with E-state index in [1.54, 1.807) is 11.8 Å². The van der Waals surface area contributed by atoms with Gasteiger partial charge in [-0.25, -0.2) is 8.78 Å². The smallest absolute Gasteiger partial charge is 0.243 e. The molecule has 1 heterocycles. The molecule has 0 unspecified atom stereocenters. The van der Waals surface area contributed by atoms with Gasteiger partial charge in [0.1, 0.15) is 6.04 Å². The van der Waals surface area contributed by atoms with Crippen LogP contribution in [0.25, 0.3) is 0 Å². The van der Waals surface area contributed by atoms with Crippen LogP contribution in [0.4, 0.5) is 8.78 Å². The predicted octanol–water partition coefficient (Wildman–Crippen LogP) is 2.79. The summed E-state index contributed by atoms with van der Waals surface area (Å²) in [5.41, 5.74) is 0.479. The van der Waals surface area contributed by atoms with Crippen molar-refractivity contribution >= 4 is 11.8 Å². The second-order valence-corrected chi connectivity index (χ2v) is 6.28. The van der Waals surface area contributed by atoms with Crippen molar-refractivity contribution in [3.63, 3.8) is 0 Å². The summed E-state index contributed by atoms with van der Waals surface area (Å²) >= 11 is 0. The number of nitrogens with zero attached hydrogens (tertiary/aromatic N) is 1. The van der Waals surface area contributed by atoms with E-state index in [-0.39, 0.29) is 17.7 Å². The fourth-order valence-electron chi connectivity index (χ4n) is 2.93. The Bertz CT molecular complexity index is 604. The molecule has 23 heavy (non-hydrogen) atoms. The molecule has 4 nitrogen and oxygen atoms in total. The summed E-state index contributed by atoms with van der Waals surface area (Å²) < 4.78 is 26.3. The number of hydrogen-bond donors (Lipinski definition) is 1. The molecule has 6 heteroatoms. The fraction of sp³-hybridized carbons (Fsp3) is 0.529. The number of hydrogen-bond acceptors (Lipinski definition) is 2. The monoisotopic (exact) mass is 324 g/mol. The van der Waals surface area contributed by atoms with Gasteiger partial charge in [0.05, 0.1) is 6.04 Å². The highest BCUT2D eigenvalue weighted by atomic mass is 19.2. The van der Waals surface area contributed by atoms with Gasteiger partial charge in [0.2, 0.25) is 11.8 Å². The van der Waals surface area contributed by atoms with E-state index < -0.39 is 23.7 Å². The SMILES string of the molecule is CC(C)[C@@H](C(=O)N[C@H](C)c1ccc(F)c(F)c1)N1CCCC1=O. The molecule has 0 aromatic heterocycles. The van der Waals surface area contributed by atoms with Gasteiger partial charge in [0, 0.05) is 13.0 Å². The number of carbonyl (C=O) groups is 2. The maximum absolute atomic E-state index is 13.3. The van der Waals surface area contributed by atoms with Crippen LogP contribution in [-0.2, 0) is 9.59 Å². The minimum Gasteiger partial charge on any atom is -0.348 e. The molecular formula is C17H22F2N2O2. The van der Waals surface area contributed by atoms with Gasteiger partial charge >= 0.3 is 0 Å². The van der Waals surface area contributed by atoms with Crippen LogP contribution in [0.2, 0.25) is 0 Å². The lowest BCUT2D eigenvalue weighted by Gasteiger charge is -2.31. The van der Waals surface area contributed by atoms with E-state index >= 15 is 0 Å². The molecule has 1 aromatic carbocycles. The molecule has 2 rings (SSSR count). The van der Waals surface area contributed by atoms with E-state index in [2.05, 4.69) is 5.32 Å². The highest BCUT2D eigenvalue weighted by Gasteiger charge is 2.35. The molecule has 126 valence electrons. The van der Waals surface area contributed by atoms with Crippen molar-refractivity contribution in [3.05, 3.63) is 35.4 Å². The number of amides is 2. The topological polar surface area (TPSA) is 49.4 Å². The van der Waals surface area contributed by atoms with Gasteiger partial charge in [-0.1, -0.05) is 19.9 Å². The Hall–Kier alpha value is -1.98. The van der Waals surface area contributed by atoms with Crippen LogP contribution in [0.3, 0.4) is 0 Å². The van der Waals surface area contributed by atoms with Crippen LogP contribution in [0.15, 0.2) is 18.2 Å². The maximum atomic E-state index is 13.3. The third-order valence-corrected chi connectivity index (χ3v) is 4.15. The lowest BCUT2D eigenvalue weighted by atomic mass is 10.0. The van der Waals surface area contributed by atoms with E-state index in [1.807, 2.05) is 13.8 Å². The summed E-state index contributed by atoms with van der Waals surface area (Å²) in [5.74, 6) is -2.19. The van der Waals surface area contributed by atoms with Crippen LogP contribution in [0.5, 0.6) is 0 Å². The van der Waals surface area contributed by atoms with Crippen molar-refractivity contribution in [1.82, 2.24) is 10.2 Å². The molecule has 0 aliphatic carbocycles. The molecule has 2 amide bonds. The van der Waals surface area contributed by atoms with E-state index in [4.69, 9.17) is 0 Å². The highest BCUT2D eigenvalue weighted by Crippen LogP contribution is 2.21. The molecule has 1 saturated heterocycles. The van der Waals surface area contributed by atoms with Crippen molar-refractivity contribution in [3.8, 4) is 0 Å². The summed E-state index contributed by atoms with van der Waals surface area (Å²) in [6.45, 7) is 6.05. The lowest BCUT2D eigenvalue weighted by molar-refractivity contribution is -0.139. The van der Waals surface area contributed by atoms with Crippen LogP contribution in [0.1, 0.15) is 45.2 Å². The maximum Gasteiger partial charge on any atom is 0.243 e. The zero-order valence-corrected chi connectivity index (χ0v) is 13.6. The third kappa shape index (κ3) is 3.86. The first kappa shape index (κ1) is 17.4. The molecule has 2 atom stereocenters. The molecule has 0 saturated carbocycles. The van der Waals surface area contributed by atoms with Crippen molar-refractivity contribution in [2.45, 2.75) is 45.7 Å². The van der Waals surface area contributed by atoms with Crippen molar-refractivity contribution in [2.75, 3.05) is 6.54 Å². The Morgan fingerprint density at radius 3 is 2.43 bits per heavy atom. The van der Waals surface area contributed by atoms with Gasteiger partial charge < -0.3 is 10.2 Å². The summed E-state index contributed by atoms with van der Waals surface area (Å²) in [6, 6.07) is 2.53. The first-order valence-electron chi connectivity index (χ1n) is 7.86. The van der Waals surface area contributed by atoms with Gasteiger partial charge in [-0.3, -0.25) is 9.59 Å². The van der Waals surface area contributed by atoms with Crippen molar-refractivity contribution in [2.24, 2.45) is 5.92 Å². The molecule has 0 bridgehead atoms. The molecule has 1 aliphatic rings. The van der Waals surface area contributed by atoms with Gasteiger partial charge in [0.25, 0.3) is 0 Å². The Morgan fingerprint density at radius 1 is 1.22 bits per heavy atom. The minimum atomic E-state index is -0.946. The number of likely N-dealkylation sites (tertiary alicyclic amines) is 1. The van der Waals surface area contributed by atoms with E-state index in [1.165, 1.54) is 6.07 Å². The average Bonchev–Trinajstić information content (AvgIpc) is 2.87. The normalized spacial score (nSPS) is 17.5. The second-order valence-electron chi connectivity index (χ2n) is 6.28. The summed E-state index contributed by atoms with van der Waals surface area (Å²) in [4.78, 5) is 26.1. The average molecular weight is 324 g/mol. The van der Waals surface area contributed by atoms with Gasteiger partial charge in [-0.05, 0) is 37.0 Å². The van der Waals surface area contributed by atoms with E-state index in [0.717, 1.165) is 18.6 Å². The number of halogens is 2. The quantitative estimate of drug-likeness (QED) is 0.905. The van der Waals surface area contributed by atoms with Crippen LogP contribution >= 0.6 is 0 Å². The summed E-state index contributed by atoms with van der Waals surface area (Å²) in [7, 11) is 0. The van der Waals surface area contributed by atoms with E-state index in [9.17, 15) is 18.4 Å².